The van der Waals surface area contributed by atoms with E-state index in [-0.39, 0.29) is 5.69 Å². The fourth-order valence-corrected chi connectivity index (χ4v) is 2.22. The fourth-order valence-electron chi connectivity index (χ4n) is 1.30. The first-order valence-corrected chi connectivity index (χ1v) is 6.01. The molecule has 0 saturated heterocycles. The van der Waals surface area contributed by atoms with Crippen LogP contribution in [0.5, 0.6) is 0 Å². The lowest BCUT2D eigenvalue weighted by molar-refractivity contribution is 0.0692. The van der Waals surface area contributed by atoms with Crippen LogP contribution in [0.25, 0.3) is 0 Å². The Balaban J connectivity index is 2.29. The van der Waals surface area contributed by atoms with E-state index in [2.05, 4.69) is 10.3 Å². The SMILES string of the molecule is N#Cc1ccc(Nc2scnc2C(=O)O)cc1Cl. The highest BCUT2D eigenvalue weighted by Gasteiger charge is 2.13. The summed E-state index contributed by atoms with van der Waals surface area (Å²) >= 11 is 7.06. The molecule has 0 amide bonds. The monoisotopic (exact) mass is 279 g/mol. The molecule has 2 aromatic rings. The second-order valence-electron chi connectivity index (χ2n) is 3.27. The van der Waals surface area contributed by atoms with Gasteiger partial charge in [0.05, 0.1) is 16.1 Å². The van der Waals surface area contributed by atoms with E-state index in [1.807, 2.05) is 6.07 Å². The quantitative estimate of drug-likeness (QED) is 0.901. The Morgan fingerprint density at radius 3 is 2.94 bits per heavy atom. The van der Waals surface area contributed by atoms with Gasteiger partial charge in [-0.2, -0.15) is 5.26 Å². The van der Waals surface area contributed by atoms with Crippen LogP contribution in [-0.2, 0) is 0 Å². The number of halogens is 1. The summed E-state index contributed by atoms with van der Waals surface area (Å²) < 4.78 is 0. The van der Waals surface area contributed by atoms with Crippen LogP contribution in [0.15, 0.2) is 23.7 Å². The molecule has 1 heterocycles. The minimum atomic E-state index is -1.10. The number of carbonyl (C=O) groups is 1. The first-order chi connectivity index (χ1) is 8.61. The molecule has 0 spiro atoms. The molecule has 2 rings (SSSR count). The van der Waals surface area contributed by atoms with Gasteiger partial charge < -0.3 is 10.4 Å². The Morgan fingerprint density at radius 1 is 1.56 bits per heavy atom. The molecule has 0 aliphatic carbocycles. The second kappa shape index (κ2) is 5.04. The van der Waals surface area contributed by atoms with Gasteiger partial charge in [0.15, 0.2) is 5.69 Å². The van der Waals surface area contributed by atoms with Crippen LogP contribution >= 0.6 is 22.9 Å². The van der Waals surface area contributed by atoms with Gasteiger partial charge in [-0.1, -0.05) is 11.6 Å². The molecule has 1 aromatic heterocycles. The van der Waals surface area contributed by atoms with Crippen LogP contribution in [0.1, 0.15) is 16.1 Å². The summed E-state index contributed by atoms with van der Waals surface area (Å²) in [6.45, 7) is 0. The molecule has 18 heavy (non-hydrogen) atoms. The summed E-state index contributed by atoms with van der Waals surface area (Å²) in [4.78, 5) is 14.6. The maximum Gasteiger partial charge on any atom is 0.357 e. The number of aromatic carboxylic acids is 1. The zero-order valence-electron chi connectivity index (χ0n) is 8.85. The Labute approximate surface area is 111 Å². The average Bonchev–Trinajstić information content (AvgIpc) is 2.77. The molecule has 90 valence electrons. The average molecular weight is 280 g/mol. The van der Waals surface area contributed by atoms with Crippen molar-refractivity contribution in [2.75, 3.05) is 5.32 Å². The third kappa shape index (κ3) is 2.42. The second-order valence-corrected chi connectivity index (χ2v) is 4.53. The zero-order valence-corrected chi connectivity index (χ0v) is 10.4. The first kappa shape index (κ1) is 12.4. The van der Waals surface area contributed by atoms with Crippen LogP contribution in [0.2, 0.25) is 5.02 Å². The molecule has 0 radical (unpaired) electrons. The highest BCUT2D eigenvalue weighted by Crippen LogP contribution is 2.27. The molecule has 0 atom stereocenters. The van der Waals surface area contributed by atoms with Gasteiger partial charge in [0.2, 0.25) is 0 Å². The predicted molar refractivity (Wildman–Crippen MR) is 68.5 cm³/mol. The summed E-state index contributed by atoms with van der Waals surface area (Å²) in [6, 6.07) is 6.72. The number of nitrogens with one attached hydrogen (secondary N) is 1. The van der Waals surface area contributed by atoms with Crippen molar-refractivity contribution in [1.82, 2.24) is 4.98 Å². The van der Waals surface area contributed by atoms with E-state index in [4.69, 9.17) is 22.0 Å². The van der Waals surface area contributed by atoms with E-state index < -0.39 is 5.97 Å². The summed E-state index contributed by atoms with van der Waals surface area (Å²) in [6.07, 6.45) is 0. The van der Waals surface area contributed by atoms with Crippen molar-refractivity contribution in [3.8, 4) is 6.07 Å². The molecule has 1 aromatic carbocycles. The molecule has 0 aliphatic heterocycles. The van der Waals surface area contributed by atoms with E-state index in [1.54, 1.807) is 18.2 Å². The van der Waals surface area contributed by atoms with Crippen molar-refractivity contribution < 1.29 is 9.90 Å². The maximum absolute atomic E-state index is 10.9. The van der Waals surface area contributed by atoms with Crippen molar-refractivity contribution in [2.45, 2.75) is 0 Å². The lowest BCUT2D eigenvalue weighted by Crippen LogP contribution is -2.01. The van der Waals surface area contributed by atoms with E-state index >= 15 is 0 Å². The number of benzene rings is 1. The fraction of sp³-hybridized carbons (Fsp3) is 0. The van der Waals surface area contributed by atoms with Gasteiger partial charge in [0.1, 0.15) is 11.1 Å². The number of nitrogens with zero attached hydrogens (tertiary/aromatic N) is 2. The van der Waals surface area contributed by atoms with Gasteiger partial charge in [-0.3, -0.25) is 0 Å². The lowest BCUT2D eigenvalue weighted by Gasteiger charge is -2.05. The molecule has 0 unspecified atom stereocenters. The van der Waals surface area contributed by atoms with Crippen LogP contribution < -0.4 is 5.32 Å². The summed E-state index contributed by atoms with van der Waals surface area (Å²) in [5.41, 5.74) is 2.37. The van der Waals surface area contributed by atoms with Gasteiger partial charge in [0.25, 0.3) is 0 Å². The molecule has 0 bridgehead atoms. The summed E-state index contributed by atoms with van der Waals surface area (Å²) in [5, 5.41) is 21.3. The van der Waals surface area contributed by atoms with Crippen LogP contribution in [0, 0.1) is 11.3 Å². The number of aromatic nitrogens is 1. The van der Waals surface area contributed by atoms with Gasteiger partial charge in [-0.15, -0.1) is 11.3 Å². The van der Waals surface area contributed by atoms with Gasteiger partial charge in [0, 0.05) is 5.69 Å². The van der Waals surface area contributed by atoms with Crippen molar-refractivity contribution in [2.24, 2.45) is 0 Å². The number of anilines is 2. The Kier molecular flexibility index (Phi) is 3.46. The van der Waals surface area contributed by atoms with Gasteiger partial charge in [-0.05, 0) is 18.2 Å². The van der Waals surface area contributed by atoms with Gasteiger partial charge in [-0.25, -0.2) is 9.78 Å². The molecule has 2 N–H and O–H groups in total. The molecule has 7 heteroatoms. The van der Waals surface area contributed by atoms with Gasteiger partial charge >= 0.3 is 5.97 Å². The molecule has 0 aliphatic rings. The van der Waals surface area contributed by atoms with Crippen molar-refractivity contribution in [3.63, 3.8) is 0 Å². The number of thiazole rings is 1. The highest BCUT2D eigenvalue weighted by atomic mass is 35.5. The Hall–Kier alpha value is -2.10. The Bertz CT molecular complexity index is 648. The third-order valence-electron chi connectivity index (χ3n) is 2.12. The van der Waals surface area contributed by atoms with Crippen LogP contribution in [0.4, 0.5) is 10.7 Å². The number of carboxylic acid groups (broad SMARTS) is 1. The minimum absolute atomic E-state index is 0.0412. The number of nitriles is 1. The van der Waals surface area contributed by atoms with Crippen LogP contribution in [0.3, 0.4) is 0 Å². The molecular formula is C11H6ClN3O2S. The zero-order chi connectivity index (χ0) is 13.1. The number of hydrogen-bond acceptors (Lipinski definition) is 5. The molecule has 5 nitrogen and oxygen atoms in total. The van der Waals surface area contributed by atoms with E-state index in [9.17, 15) is 4.79 Å². The standard InChI is InChI=1S/C11H6ClN3O2S/c12-8-3-7(2-1-6(8)4-13)15-10-9(11(16)17)14-5-18-10/h1-3,5,15H,(H,16,17). The van der Waals surface area contributed by atoms with Crippen molar-refractivity contribution in [1.29, 1.82) is 5.26 Å². The van der Waals surface area contributed by atoms with Crippen LogP contribution in [-0.4, -0.2) is 16.1 Å². The van der Waals surface area contributed by atoms with Crippen molar-refractivity contribution >= 4 is 39.6 Å². The summed E-state index contributed by atoms with van der Waals surface area (Å²) in [5.74, 6) is -1.10. The highest BCUT2D eigenvalue weighted by molar-refractivity contribution is 7.14. The smallest absolute Gasteiger partial charge is 0.357 e. The first-order valence-electron chi connectivity index (χ1n) is 4.75. The molecule has 0 fully saturated rings. The predicted octanol–water partition coefficient (Wildman–Crippen LogP) is 3.11. The third-order valence-corrected chi connectivity index (χ3v) is 3.17. The normalized spacial score (nSPS) is 9.78. The number of rotatable bonds is 3. The number of carboxylic acids is 1. The maximum atomic E-state index is 10.9. The topological polar surface area (TPSA) is 86.0 Å². The van der Waals surface area contributed by atoms with Crippen molar-refractivity contribution in [3.05, 3.63) is 40.0 Å². The van der Waals surface area contributed by atoms with E-state index in [0.717, 1.165) is 0 Å². The Morgan fingerprint density at radius 2 is 2.33 bits per heavy atom. The van der Waals surface area contributed by atoms with E-state index in [1.165, 1.54) is 16.8 Å². The number of hydrogen-bond donors (Lipinski definition) is 2. The minimum Gasteiger partial charge on any atom is -0.476 e. The lowest BCUT2D eigenvalue weighted by atomic mass is 10.2. The molecule has 0 saturated carbocycles. The van der Waals surface area contributed by atoms with E-state index in [0.29, 0.717) is 21.3 Å². The molecular weight excluding hydrogens is 274 g/mol. The summed E-state index contributed by atoms with van der Waals surface area (Å²) in [7, 11) is 0. The largest absolute Gasteiger partial charge is 0.476 e.